The normalized spacial score (nSPS) is 25.5. The van der Waals surface area contributed by atoms with Crippen molar-refractivity contribution in [1.82, 2.24) is 9.80 Å². The number of ketones is 1. The molecule has 1 saturated heterocycles. The van der Waals surface area contributed by atoms with Crippen molar-refractivity contribution in [3.63, 3.8) is 0 Å². The number of Topliss-reactive ketones (excluding diaryl/α,β-unsaturated/α-hetero) is 1. The van der Waals surface area contributed by atoms with E-state index in [-0.39, 0.29) is 5.41 Å². The van der Waals surface area contributed by atoms with E-state index in [0.29, 0.717) is 18.2 Å². The van der Waals surface area contributed by atoms with Crippen LogP contribution in [-0.2, 0) is 4.79 Å². The SMILES string of the molecule is CN1CCN(C)C(CC(=O)C(C)(C)C)C1. The number of hydrogen-bond donors (Lipinski definition) is 0. The van der Waals surface area contributed by atoms with E-state index in [0.717, 1.165) is 19.6 Å². The number of likely N-dealkylation sites (N-methyl/N-ethyl adjacent to an activating group) is 2. The van der Waals surface area contributed by atoms with Crippen molar-refractivity contribution in [2.24, 2.45) is 5.41 Å². The highest BCUT2D eigenvalue weighted by atomic mass is 16.1. The van der Waals surface area contributed by atoms with Crippen molar-refractivity contribution in [3.05, 3.63) is 0 Å². The first-order valence-electron chi connectivity index (χ1n) is 5.73. The van der Waals surface area contributed by atoms with E-state index < -0.39 is 0 Å². The molecular weight excluding hydrogens is 188 g/mol. The van der Waals surface area contributed by atoms with Gasteiger partial charge in [0.1, 0.15) is 5.78 Å². The molecule has 0 radical (unpaired) electrons. The summed E-state index contributed by atoms with van der Waals surface area (Å²) >= 11 is 0. The second-order valence-electron chi connectivity index (χ2n) is 5.77. The van der Waals surface area contributed by atoms with Gasteiger partial charge in [0.25, 0.3) is 0 Å². The lowest BCUT2D eigenvalue weighted by atomic mass is 9.86. The van der Waals surface area contributed by atoms with Crippen LogP contribution in [0.2, 0.25) is 0 Å². The predicted molar refractivity (Wildman–Crippen MR) is 63.0 cm³/mol. The molecule has 1 fully saturated rings. The fourth-order valence-corrected chi connectivity index (χ4v) is 1.84. The minimum absolute atomic E-state index is 0.198. The number of rotatable bonds is 2. The van der Waals surface area contributed by atoms with Crippen molar-refractivity contribution < 1.29 is 4.79 Å². The zero-order valence-electron chi connectivity index (χ0n) is 10.7. The summed E-state index contributed by atoms with van der Waals surface area (Å²) < 4.78 is 0. The molecule has 0 amide bonds. The molecule has 1 aliphatic rings. The third kappa shape index (κ3) is 3.58. The molecule has 1 rings (SSSR count). The van der Waals surface area contributed by atoms with Gasteiger partial charge in [0.15, 0.2) is 0 Å². The Bertz CT molecular complexity index is 232. The second-order valence-corrected chi connectivity index (χ2v) is 5.77. The first kappa shape index (κ1) is 12.7. The molecule has 15 heavy (non-hydrogen) atoms. The molecule has 0 aromatic rings. The standard InChI is InChI=1S/C12H24N2O/c1-12(2,3)11(15)8-10-9-13(4)6-7-14(10)5/h10H,6-9H2,1-5H3. The molecule has 1 aliphatic heterocycles. The lowest BCUT2D eigenvalue weighted by Crippen LogP contribution is -2.51. The van der Waals surface area contributed by atoms with Gasteiger partial charge in [-0.25, -0.2) is 0 Å². The molecule has 0 spiro atoms. The van der Waals surface area contributed by atoms with Gasteiger partial charge in [-0.15, -0.1) is 0 Å². The summed E-state index contributed by atoms with van der Waals surface area (Å²) in [7, 11) is 4.25. The lowest BCUT2D eigenvalue weighted by Gasteiger charge is -2.38. The molecule has 1 unspecified atom stereocenters. The second kappa shape index (κ2) is 4.62. The Balaban J connectivity index is 2.53. The smallest absolute Gasteiger partial charge is 0.139 e. The third-order valence-electron chi connectivity index (χ3n) is 3.24. The molecular formula is C12H24N2O. The van der Waals surface area contributed by atoms with Gasteiger partial charge in [-0.1, -0.05) is 20.8 Å². The Morgan fingerprint density at radius 2 is 1.87 bits per heavy atom. The number of piperazine rings is 1. The Hall–Kier alpha value is -0.410. The van der Waals surface area contributed by atoms with E-state index in [1.54, 1.807) is 0 Å². The summed E-state index contributed by atoms with van der Waals surface area (Å²) in [5.41, 5.74) is -0.198. The van der Waals surface area contributed by atoms with Crippen molar-refractivity contribution in [2.45, 2.75) is 33.2 Å². The van der Waals surface area contributed by atoms with E-state index in [4.69, 9.17) is 0 Å². The van der Waals surface area contributed by atoms with Gasteiger partial charge in [-0.2, -0.15) is 0 Å². The zero-order valence-corrected chi connectivity index (χ0v) is 10.7. The molecule has 0 bridgehead atoms. The van der Waals surface area contributed by atoms with Gasteiger partial charge < -0.3 is 9.80 Å². The maximum Gasteiger partial charge on any atom is 0.139 e. The van der Waals surface area contributed by atoms with Crippen LogP contribution < -0.4 is 0 Å². The Morgan fingerprint density at radius 1 is 1.27 bits per heavy atom. The van der Waals surface area contributed by atoms with Gasteiger partial charge >= 0.3 is 0 Å². The number of carbonyl (C=O) groups excluding carboxylic acids is 1. The van der Waals surface area contributed by atoms with Gasteiger partial charge in [0, 0.05) is 37.5 Å². The molecule has 0 N–H and O–H groups in total. The van der Waals surface area contributed by atoms with Crippen molar-refractivity contribution in [2.75, 3.05) is 33.7 Å². The Labute approximate surface area is 93.4 Å². The summed E-state index contributed by atoms with van der Waals surface area (Å²) in [5.74, 6) is 0.370. The first-order chi connectivity index (χ1) is 6.80. The van der Waals surface area contributed by atoms with E-state index in [1.807, 2.05) is 20.8 Å². The molecule has 0 aromatic heterocycles. The molecule has 1 atom stereocenters. The minimum Gasteiger partial charge on any atom is -0.304 e. The zero-order chi connectivity index (χ0) is 11.6. The highest BCUT2D eigenvalue weighted by molar-refractivity contribution is 5.84. The summed E-state index contributed by atoms with van der Waals surface area (Å²) in [6, 6.07) is 0.399. The van der Waals surface area contributed by atoms with E-state index in [2.05, 4.69) is 23.9 Å². The average molecular weight is 212 g/mol. The van der Waals surface area contributed by atoms with Crippen LogP contribution in [0, 0.1) is 5.41 Å². The largest absolute Gasteiger partial charge is 0.304 e. The first-order valence-corrected chi connectivity index (χ1v) is 5.73. The van der Waals surface area contributed by atoms with Crippen LogP contribution in [0.5, 0.6) is 0 Å². The quantitative estimate of drug-likeness (QED) is 0.688. The molecule has 88 valence electrons. The summed E-state index contributed by atoms with van der Waals surface area (Å²) in [6.07, 6.45) is 0.685. The van der Waals surface area contributed by atoms with Crippen molar-refractivity contribution in [3.8, 4) is 0 Å². The predicted octanol–water partition coefficient (Wildman–Crippen LogP) is 1.24. The maximum atomic E-state index is 11.9. The molecule has 0 saturated carbocycles. The molecule has 1 heterocycles. The lowest BCUT2D eigenvalue weighted by molar-refractivity contribution is -0.128. The third-order valence-corrected chi connectivity index (χ3v) is 3.24. The van der Waals surface area contributed by atoms with Crippen LogP contribution >= 0.6 is 0 Å². The van der Waals surface area contributed by atoms with Crippen LogP contribution in [-0.4, -0.2) is 55.4 Å². The number of nitrogens with zero attached hydrogens (tertiary/aromatic N) is 2. The average Bonchev–Trinajstić information content (AvgIpc) is 2.09. The van der Waals surface area contributed by atoms with Crippen LogP contribution in [0.25, 0.3) is 0 Å². The van der Waals surface area contributed by atoms with Gasteiger partial charge in [-0.05, 0) is 14.1 Å². The Morgan fingerprint density at radius 3 is 2.40 bits per heavy atom. The Kier molecular flexibility index (Phi) is 3.90. The van der Waals surface area contributed by atoms with Gasteiger partial charge in [-0.3, -0.25) is 4.79 Å². The molecule has 3 heteroatoms. The van der Waals surface area contributed by atoms with E-state index in [1.165, 1.54) is 0 Å². The highest BCUT2D eigenvalue weighted by Crippen LogP contribution is 2.20. The number of carbonyl (C=O) groups is 1. The van der Waals surface area contributed by atoms with Crippen molar-refractivity contribution in [1.29, 1.82) is 0 Å². The fraction of sp³-hybridized carbons (Fsp3) is 0.917. The molecule has 0 aliphatic carbocycles. The van der Waals surface area contributed by atoms with Crippen LogP contribution in [0.4, 0.5) is 0 Å². The van der Waals surface area contributed by atoms with Crippen LogP contribution in [0.3, 0.4) is 0 Å². The number of hydrogen-bond acceptors (Lipinski definition) is 3. The summed E-state index contributed by atoms with van der Waals surface area (Å²) in [5, 5.41) is 0. The maximum absolute atomic E-state index is 11.9. The molecule has 0 aromatic carbocycles. The highest BCUT2D eigenvalue weighted by Gasteiger charge is 2.29. The fourth-order valence-electron chi connectivity index (χ4n) is 1.84. The van der Waals surface area contributed by atoms with Gasteiger partial charge in [0.05, 0.1) is 0 Å². The van der Waals surface area contributed by atoms with E-state index in [9.17, 15) is 4.79 Å². The summed E-state index contributed by atoms with van der Waals surface area (Å²) in [4.78, 5) is 16.6. The van der Waals surface area contributed by atoms with Crippen LogP contribution in [0.1, 0.15) is 27.2 Å². The summed E-state index contributed by atoms with van der Waals surface area (Å²) in [6.45, 7) is 9.19. The molecule has 3 nitrogen and oxygen atoms in total. The van der Waals surface area contributed by atoms with Gasteiger partial charge in [0.2, 0.25) is 0 Å². The topological polar surface area (TPSA) is 23.6 Å². The van der Waals surface area contributed by atoms with Crippen molar-refractivity contribution >= 4 is 5.78 Å². The monoisotopic (exact) mass is 212 g/mol. The van der Waals surface area contributed by atoms with E-state index >= 15 is 0 Å². The minimum atomic E-state index is -0.198. The van der Waals surface area contributed by atoms with Crippen LogP contribution in [0.15, 0.2) is 0 Å².